The van der Waals surface area contributed by atoms with Gasteiger partial charge in [-0.25, -0.2) is 9.59 Å². The van der Waals surface area contributed by atoms with Crippen molar-refractivity contribution in [1.82, 2.24) is 10.6 Å². The van der Waals surface area contributed by atoms with Gasteiger partial charge in [0.05, 0.1) is 13.2 Å². The van der Waals surface area contributed by atoms with Crippen molar-refractivity contribution in [3.05, 3.63) is 0 Å². The lowest BCUT2D eigenvalue weighted by Gasteiger charge is -2.07. The molecule has 94 valence electrons. The SMILES string of the molecule is O=C(NCCNC(=O)OCCO)OCCO. The molecule has 0 saturated heterocycles. The molecule has 0 aromatic carbocycles. The van der Waals surface area contributed by atoms with E-state index in [0.717, 1.165) is 0 Å². The highest BCUT2D eigenvalue weighted by Crippen LogP contribution is 1.77. The maximum absolute atomic E-state index is 10.8. The Bertz CT molecular complexity index is 189. The van der Waals surface area contributed by atoms with Gasteiger partial charge in [0.15, 0.2) is 0 Å². The molecule has 0 atom stereocenters. The fourth-order valence-electron chi connectivity index (χ4n) is 0.708. The zero-order valence-electron chi connectivity index (χ0n) is 8.77. The van der Waals surface area contributed by atoms with Crippen LogP contribution in [-0.2, 0) is 9.47 Å². The zero-order chi connectivity index (χ0) is 12.2. The normalized spacial score (nSPS) is 9.38. The minimum absolute atomic E-state index is 0.0716. The third kappa shape index (κ3) is 9.03. The third-order valence-corrected chi connectivity index (χ3v) is 1.31. The van der Waals surface area contributed by atoms with Crippen LogP contribution >= 0.6 is 0 Å². The van der Waals surface area contributed by atoms with Crippen LogP contribution in [0.25, 0.3) is 0 Å². The Labute approximate surface area is 92.5 Å². The molecule has 0 radical (unpaired) electrons. The Balaban J connectivity index is 3.31. The molecular formula is C8H16N2O6. The maximum Gasteiger partial charge on any atom is 0.407 e. The molecule has 0 unspecified atom stereocenters. The fourth-order valence-corrected chi connectivity index (χ4v) is 0.708. The number of aliphatic hydroxyl groups excluding tert-OH is 2. The summed E-state index contributed by atoms with van der Waals surface area (Å²) >= 11 is 0. The summed E-state index contributed by atoms with van der Waals surface area (Å²) in [6, 6.07) is 0. The standard InChI is InChI=1S/C8H16N2O6/c11-3-5-15-7(13)9-1-2-10-8(14)16-6-4-12/h11-12H,1-6H2,(H,9,13)(H,10,14). The molecule has 0 saturated carbocycles. The quantitative estimate of drug-likeness (QED) is 0.396. The molecule has 0 rings (SSSR count). The van der Waals surface area contributed by atoms with Crippen molar-refractivity contribution in [2.45, 2.75) is 0 Å². The van der Waals surface area contributed by atoms with Crippen LogP contribution in [0.2, 0.25) is 0 Å². The van der Waals surface area contributed by atoms with Crippen LogP contribution in [-0.4, -0.2) is 61.9 Å². The molecule has 0 aromatic heterocycles. The monoisotopic (exact) mass is 236 g/mol. The second-order valence-corrected chi connectivity index (χ2v) is 2.57. The molecule has 0 fully saturated rings. The average molecular weight is 236 g/mol. The molecule has 0 aromatic rings. The summed E-state index contributed by atoms with van der Waals surface area (Å²) in [6.07, 6.45) is -1.33. The van der Waals surface area contributed by atoms with Crippen molar-refractivity contribution in [3.63, 3.8) is 0 Å². The first-order chi connectivity index (χ1) is 7.70. The second kappa shape index (κ2) is 9.99. The largest absolute Gasteiger partial charge is 0.447 e. The van der Waals surface area contributed by atoms with Gasteiger partial charge in [-0.1, -0.05) is 0 Å². The zero-order valence-corrected chi connectivity index (χ0v) is 8.77. The molecule has 0 spiro atoms. The summed E-state index contributed by atoms with van der Waals surface area (Å²) in [6.45, 7) is -0.259. The summed E-state index contributed by atoms with van der Waals surface area (Å²) in [5.74, 6) is 0. The predicted molar refractivity (Wildman–Crippen MR) is 52.9 cm³/mol. The van der Waals surface area contributed by atoms with E-state index in [-0.39, 0.29) is 39.5 Å². The number of amides is 2. The number of rotatable bonds is 7. The van der Waals surface area contributed by atoms with Gasteiger partial charge in [0, 0.05) is 13.1 Å². The predicted octanol–water partition coefficient (Wildman–Crippen LogP) is -1.58. The number of carbonyl (C=O) groups is 2. The number of carbonyl (C=O) groups excluding carboxylic acids is 2. The Kier molecular flexibility index (Phi) is 9.03. The molecular weight excluding hydrogens is 220 g/mol. The molecule has 0 bridgehead atoms. The van der Waals surface area contributed by atoms with Crippen LogP contribution in [0.3, 0.4) is 0 Å². The number of aliphatic hydroxyl groups is 2. The Morgan fingerprint density at radius 2 is 1.25 bits per heavy atom. The smallest absolute Gasteiger partial charge is 0.407 e. The van der Waals surface area contributed by atoms with Crippen molar-refractivity contribution >= 4 is 12.2 Å². The summed E-state index contributed by atoms with van der Waals surface area (Å²) in [5.41, 5.74) is 0. The summed E-state index contributed by atoms with van der Waals surface area (Å²) in [7, 11) is 0. The third-order valence-electron chi connectivity index (χ3n) is 1.31. The molecule has 0 aliphatic rings. The van der Waals surface area contributed by atoms with Gasteiger partial charge >= 0.3 is 12.2 Å². The van der Waals surface area contributed by atoms with Gasteiger partial charge in [-0.15, -0.1) is 0 Å². The molecule has 0 aliphatic carbocycles. The minimum atomic E-state index is -0.667. The van der Waals surface area contributed by atoms with Gasteiger partial charge < -0.3 is 30.3 Å². The van der Waals surface area contributed by atoms with Crippen LogP contribution in [0, 0.1) is 0 Å². The van der Waals surface area contributed by atoms with E-state index in [2.05, 4.69) is 20.1 Å². The van der Waals surface area contributed by atoms with E-state index in [4.69, 9.17) is 10.2 Å². The average Bonchev–Trinajstić information content (AvgIpc) is 2.29. The highest BCUT2D eigenvalue weighted by Gasteiger charge is 2.02. The molecule has 8 nitrogen and oxygen atoms in total. The van der Waals surface area contributed by atoms with Crippen molar-refractivity contribution in [2.75, 3.05) is 39.5 Å². The molecule has 4 N–H and O–H groups in total. The Morgan fingerprint density at radius 1 is 0.875 bits per heavy atom. The Morgan fingerprint density at radius 3 is 1.56 bits per heavy atom. The van der Waals surface area contributed by atoms with E-state index in [1.807, 2.05) is 0 Å². The highest BCUT2D eigenvalue weighted by atomic mass is 16.6. The van der Waals surface area contributed by atoms with Crippen molar-refractivity contribution < 1.29 is 29.3 Å². The summed E-state index contributed by atoms with van der Waals surface area (Å²) in [4.78, 5) is 21.6. The van der Waals surface area contributed by atoms with Gasteiger partial charge in [-0.3, -0.25) is 0 Å². The first kappa shape index (κ1) is 14.5. The van der Waals surface area contributed by atoms with Crippen LogP contribution < -0.4 is 10.6 Å². The maximum atomic E-state index is 10.8. The first-order valence-electron chi connectivity index (χ1n) is 4.73. The first-order valence-corrected chi connectivity index (χ1v) is 4.73. The van der Waals surface area contributed by atoms with E-state index < -0.39 is 12.2 Å². The second-order valence-electron chi connectivity index (χ2n) is 2.57. The van der Waals surface area contributed by atoms with Gasteiger partial charge in [0.1, 0.15) is 13.2 Å². The van der Waals surface area contributed by atoms with E-state index >= 15 is 0 Å². The number of hydrogen-bond donors (Lipinski definition) is 4. The fraction of sp³-hybridized carbons (Fsp3) is 0.750. The molecule has 0 aliphatic heterocycles. The highest BCUT2D eigenvalue weighted by molar-refractivity contribution is 5.68. The molecule has 2 amide bonds. The van der Waals surface area contributed by atoms with Crippen molar-refractivity contribution in [1.29, 1.82) is 0 Å². The summed E-state index contributed by atoms with van der Waals surface area (Å²) in [5, 5.41) is 21.4. The number of nitrogens with one attached hydrogen (secondary N) is 2. The van der Waals surface area contributed by atoms with E-state index in [0.29, 0.717) is 0 Å². The van der Waals surface area contributed by atoms with Gasteiger partial charge in [0.25, 0.3) is 0 Å². The van der Waals surface area contributed by atoms with Gasteiger partial charge in [-0.2, -0.15) is 0 Å². The van der Waals surface area contributed by atoms with Gasteiger partial charge in [-0.05, 0) is 0 Å². The van der Waals surface area contributed by atoms with Crippen LogP contribution in [0.5, 0.6) is 0 Å². The molecule has 16 heavy (non-hydrogen) atoms. The van der Waals surface area contributed by atoms with Crippen LogP contribution in [0.4, 0.5) is 9.59 Å². The number of ether oxygens (including phenoxy) is 2. The lowest BCUT2D eigenvalue weighted by Crippen LogP contribution is -2.35. The lowest BCUT2D eigenvalue weighted by atomic mass is 10.6. The summed E-state index contributed by atoms with van der Waals surface area (Å²) < 4.78 is 8.97. The van der Waals surface area contributed by atoms with E-state index in [9.17, 15) is 9.59 Å². The topological polar surface area (TPSA) is 117 Å². The van der Waals surface area contributed by atoms with Crippen molar-refractivity contribution in [2.24, 2.45) is 0 Å². The van der Waals surface area contributed by atoms with Crippen molar-refractivity contribution in [3.8, 4) is 0 Å². The minimum Gasteiger partial charge on any atom is -0.447 e. The van der Waals surface area contributed by atoms with E-state index in [1.165, 1.54) is 0 Å². The number of alkyl carbamates (subject to hydrolysis) is 2. The molecule has 8 heteroatoms. The van der Waals surface area contributed by atoms with Gasteiger partial charge in [0.2, 0.25) is 0 Å². The van der Waals surface area contributed by atoms with Crippen LogP contribution in [0.15, 0.2) is 0 Å². The van der Waals surface area contributed by atoms with E-state index in [1.54, 1.807) is 0 Å². The Hall–Kier alpha value is -1.54. The number of hydrogen-bond acceptors (Lipinski definition) is 6. The molecule has 0 heterocycles. The lowest BCUT2D eigenvalue weighted by molar-refractivity contribution is 0.115. The van der Waals surface area contributed by atoms with Crippen LogP contribution in [0.1, 0.15) is 0 Å².